The van der Waals surface area contributed by atoms with E-state index in [1.807, 2.05) is 0 Å². The topological polar surface area (TPSA) is 28.7 Å². The van der Waals surface area contributed by atoms with Gasteiger partial charge in [-0.05, 0) is 26.3 Å². The molecule has 0 aliphatic carbocycles. The summed E-state index contributed by atoms with van der Waals surface area (Å²) in [4.78, 5) is 7.80. The molecule has 84 valence electrons. The molecule has 0 atom stereocenters. The van der Waals surface area contributed by atoms with Crippen LogP contribution in [-0.2, 0) is 5.75 Å². The first kappa shape index (κ1) is 11.3. The predicted molar refractivity (Wildman–Crippen MR) is 70.9 cm³/mol. The van der Waals surface area contributed by atoms with Gasteiger partial charge in [-0.3, -0.25) is 0 Å². The van der Waals surface area contributed by atoms with Crippen molar-refractivity contribution in [3.63, 3.8) is 0 Å². The lowest BCUT2D eigenvalue weighted by Crippen LogP contribution is -1.87. The summed E-state index contributed by atoms with van der Waals surface area (Å²) in [6, 6.07) is 6.44. The van der Waals surface area contributed by atoms with E-state index in [1.54, 1.807) is 0 Å². The smallest absolute Gasteiger partial charge is 0.116 e. The van der Waals surface area contributed by atoms with Crippen molar-refractivity contribution in [2.24, 2.45) is 0 Å². The number of aryl methyl sites for hydroxylation is 3. The summed E-state index contributed by atoms with van der Waals surface area (Å²) in [7, 11) is 0. The second-order valence-electron chi connectivity index (χ2n) is 4.13. The Bertz CT molecular complexity index is 515. The first-order valence-corrected chi connectivity index (χ1v) is 5.99. The Morgan fingerprint density at radius 1 is 1.25 bits per heavy atom. The molecule has 0 saturated carbocycles. The number of aromatic nitrogens is 2. The van der Waals surface area contributed by atoms with Gasteiger partial charge >= 0.3 is 0 Å². The number of nitrogens with zero attached hydrogens (tertiary/aromatic N) is 1. The zero-order valence-electron chi connectivity index (χ0n) is 9.83. The van der Waals surface area contributed by atoms with E-state index in [2.05, 4.69) is 61.6 Å². The average Bonchev–Trinajstić information content (AvgIpc) is 2.60. The molecular formula is C13H16N2S. The van der Waals surface area contributed by atoms with Crippen molar-refractivity contribution in [3.8, 4) is 11.3 Å². The Morgan fingerprint density at radius 3 is 2.56 bits per heavy atom. The fourth-order valence-electron chi connectivity index (χ4n) is 1.94. The maximum absolute atomic E-state index is 4.56. The number of aromatic amines is 1. The zero-order valence-corrected chi connectivity index (χ0v) is 10.7. The highest BCUT2D eigenvalue weighted by Crippen LogP contribution is 2.25. The summed E-state index contributed by atoms with van der Waals surface area (Å²) in [5.74, 6) is 1.57. The molecule has 3 heteroatoms. The largest absolute Gasteiger partial charge is 0.345 e. The number of hydrogen-bond donors (Lipinski definition) is 2. The van der Waals surface area contributed by atoms with Crippen LogP contribution in [0.15, 0.2) is 18.2 Å². The van der Waals surface area contributed by atoms with E-state index in [0.717, 1.165) is 17.2 Å². The third-order valence-electron chi connectivity index (χ3n) is 2.72. The van der Waals surface area contributed by atoms with E-state index in [4.69, 9.17) is 0 Å². The molecule has 1 aromatic carbocycles. The van der Waals surface area contributed by atoms with E-state index in [0.29, 0.717) is 5.75 Å². The molecule has 0 aliphatic heterocycles. The second kappa shape index (κ2) is 4.34. The highest BCUT2D eigenvalue weighted by atomic mass is 32.1. The fraction of sp³-hybridized carbons (Fsp3) is 0.308. The van der Waals surface area contributed by atoms with Gasteiger partial charge in [-0.2, -0.15) is 12.6 Å². The molecule has 0 radical (unpaired) electrons. The molecule has 2 aromatic rings. The molecule has 16 heavy (non-hydrogen) atoms. The summed E-state index contributed by atoms with van der Waals surface area (Å²) < 4.78 is 0. The maximum atomic E-state index is 4.56. The Morgan fingerprint density at radius 2 is 2.00 bits per heavy atom. The van der Waals surface area contributed by atoms with Crippen molar-refractivity contribution in [2.45, 2.75) is 26.5 Å². The van der Waals surface area contributed by atoms with Gasteiger partial charge in [0.1, 0.15) is 5.82 Å². The van der Waals surface area contributed by atoms with Crippen molar-refractivity contribution >= 4 is 12.6 Å². The van der Waals surface area contributed by atoms with E-state index in [1.165, 1.54) is 16.7 Å². The standard InChI is InChI=1S/C13H16N2S/c1-8-4-5-11(9(2)6-8)13-10(3)14-12(7-16)15-13/h4-6,16H,7H2,1-3H3,(H,14,15). The molecule has 2 nitrogen and oxygen atoms in total. The van der Waals surface area contributed by atoms with Crippen molar-refractivity contribution in [2.75, 3.05) is 0 Å². The van der Waals surface area contributed by atoms with Crippen molar-refractivity contribution in [1.29, 1.82) is 0 Å². The van der Waals surface area contributed by atoms with Crippen LogP contribution < -0.4 is 0 Å². The highest BCUT2D eigenvalue weighted by molar-refractivity contribution is 7.79. The van der Waals surface area contributed by atoms with E-state index in [9.17, 15) is 0 Å². The van der Waals surface area contributed by atoms with Gasteiger partial charge in [0.2, 0.25) is 0 Å². The van der Waals surface area contributed by atoms with E-state index >= 15 is 0 Å². The van der Waals surface area contributed by atoms with Crippen LogP contribution in [0.3, 0.4) is 0 Å². The minimum Gasteiger partial charge on any atom is -0.345 e. The molecule has 0 fully saturated rings. The number of H-pyrrole nitrogens is 1. The van der Waals surface area contributed by atoms with Crippen molar-refractivity contribution < 1.29 is 0 Å². The molecular weight excluding hydrogens is 216 g/mol. The Balaban J connectivity index is 2.53. The van der Waals surface area contributed by atoms with Crippen LogP contribution in [0.5, 0.6) is 0 Å². The van der Waals surface area contributed by atoms with Crippen molar-refractivity contribution in [1.82, 2.24) is 9.97 Å². The summed E-state index contributed by atoms with van der Waals surface area (Å²) >= 11 is 4.23. The summed E-state index contributed by atoms with van der Waals surface area (Å²) in [5, 5.41) is 0. The second-order valence-corrected chi connectivity index (χ2v) is 4.45. The monoisotopic (exact) mass is 232 g/mol. The number of imidazole rings is 1. The molecule has 0 spiro atoms. The molecule has 1 heterocycles. The van der Waals surface area contributed by atoms with E-state index in [-0.39, 0.29) is 0 Å². The van der Waals surface area contributed by atoms with Crippen LogP contribution in [0, 0.1) is 20.8 Å². The third-order valence-corrected chi connectivity index (χ3v) is 3.02. The number of hydrogen-bond acceptors (Lipinski definition) is 2. The van der Waals surface area contributed by atoms with Gasteiger partial charge in [-0.25, -0.2) is 4.98 Å². The lowest BCUT2D eigenvalue weighted by molar-refractivity contribution is 1.11. The van der Waals surface area contributed by atoms with Gasteiger partial charge in [-0.15, -0.1) is 0 Å². The van der Waals surface area contributed by atoms with Crippen LogP contribution in [0.2, 0.25) is 0 Å². The molecule has 2 rings (SSSR count). The van der Waals surface area contributed by atoms with Crippen LogP contribution in [0.4, 0.5) is 0 Å². The quantitative estimate of drug-likeness (QED) is 0.763. The Labute approximate surface area is 102 Å². The molecule has 0 bridgehead atoms. The number of thiol groups is 1. The van der Waals surface area contributed by atoms with Gasteiger partial charge in [0.25, 0.3) is 0 Å². The zero-order chi connectivity index (χ0) is 11.7. The maximum Gasteiger partial charge on any atom is 0.116 e. The van der Waals surface area contributed by atoms with Gasteiger partial charge in [0, 0.05) is 17.0 Å². The minimum absolute atomic E-state index is 0.645. The van der Waals surface area contributed by atoms with Crippen molar-refractivity contribution in [3.05, 3.63) is 40.8 Å². The van der Waals surface area contributed by atoms with Crippen LogP contribution in [-0.4, -0.2) is 9.97 Å². The van der Waals surface area contributed by atoms with Gasteiger partial charge in [0.15, 0.2) is 0 Å². The molecule has 0 aliphatic rings. The highest BCUT2D eigenvalue weighted by Gasteiger charge is 2.10. The molecule has 1 N–H and O–H groups in total. The Kier molecular flexibility index (Phi) is 3.06. The molecule has 0 unspecified atom stereocenters. The number of benzene rings is 1. The molecule has 0 amide bonds. The van der Waals surface area contributed by atoms with Gasteiger partial charge < -0.3 is 4.98 Å². The normalized spacial score (nSPS) is 10.8. The lowest BCUT2D eigenvalue weighted by Gasteiger charge is -2.04. The molecule has 0 saturated heterocycles. The van der Waals surface area contributed by atoms with Crippen LogP contribution in [0.1, 0.15) is 22.6 Å². The number of rotatable bonds is 2. The first-order valence-electron chi connectivity index (χ1n) is 5.36. The Hall–Kier alpha value is -1.22. The molecule has 1 aromatic heterocycles. The fourth-order valence-corrected chi connectivity index (χ4v) is 2.09. The van der Waals surface area contributed by atoms with E-state index < -0.39 is 0 Å². The van der Waals surface area contributed by atoms with Crippen LogP contribution >= 0.6 is 12.6 Å². The average molecular weight is 232 g/mol. The SMILES string of the molecule is Cc1ccc(-c2nc(CS)[nH]c2C)c(C)c1. The minimum atomic E-state index is 0.645. The first-order chi connectivity index (χ1) is 7.61. The third kappa shape index (κ3) is 2.00. The summed E-state index contributed by atoms with van der Waals surface area (Å²) in [6.07, 6.45) is 0. The van der Waals surface area contributed by atoms with Crippen LogP contribution in [0.25, 0.3) is 11.3 Å². The summed E-state index contributed by atoms with van der Waals surface area (Å²) in [5.41, 5.74) is 5.90. The van der Waals surface area contributed by atoms with Gasteiger partial charge in [0.05, 0.1) is 5.69 Å². The lowest BCUT2D eigenvalue weighted by atomic mass is 10.0. The predicted octanol–water partition coefficient (Wildman–Crippen LogP) is 3.43. The van der Waals surface area contributed by atoms with Gasteiger partial charge in [-0.1, -0.05) is 23.8 Å². The summed E-state index contributed by atoms with van der Waals surface area (Å²) in [6.45, 7) is 6.28. The number of nitrogens with one attached hydrogen (secondary N) is 1.